The second-order valence-electron chi connectivity index (χ2n) is 7.06. The van der Waals surface area contributed by atoms with Gasteiger partial charge in [-0.15, -0.1) is 24.0 Å². The van der Waals surface area contributed by atoms with Crippen molar-refractivity contribution in [2.45, 2.75) is 57.0 Å². The van der Waals surface area contributed by atoms with Crippen molar-refractivity contribution in [3.63, 3.8) is 0 Å². The van der Waals surface area contributed by atoms with Gasteiger partial charge in [-0.1, -0.05) is 30.3 Å². The van der Waals surface area contributed by atoms with Crippen LogP contribution in [0.3, 0.4) is 0 Å². The second-order valence-corrected chi connectivity index (χ2v) is 7.06. The van der Waals surface area contributed by atoms with Gasteiger partial charge in [-0.05, 0) is 38.8 Å². The lowest BCUT2D eigenvalue weighted by Crippen LogP contribution is -2.50. The van der Waals surface area contributed by atoms with E-state index in [1.165, 1.54) is 18.4 Å². The minimum absolute atomic E-state index is 0. The maximum absolute atomic E-state index is 5.91. The molecule has 2 aliphatic rings. The minimum Gasteiger partial charge on any atom is -0.373 e. The fourth-order valence-corrected chi connectivity index (χ4v) is 3.59. The predicted molar refractivity (Wildman–Crippen MR) is 114 cm³/mol. The number of fused-ring (bicyclic) bond motifs is 2. The maximum atomic E-state index is 5.91. The van der Waals surface area contributed by atoms with Gasteiger partial charge in [-0.25, -0.2) is 0 Å². The first kappa shape index (κ1) is 20.5. The van der Waals surface area contributed by atoms with E-state index in [4.69, 9.17) is 4.74 Å². The molecule has 5 nitrogen and oxygen atoms in total. The number of benzene rings is 1. The molecule has 2 heterocycles. The lowest BCUT2D eigenvalue weighted by molar-refractivity contribution is 0.0992. The van der Waals surface area contributed by atoms with Gasteiger partial charge in [0.15, 0.2) is 5.96 Å². The summed E-state index contributed by atoms with van der Waals surface area (Å²) in [5.41, 5.74) is 1.34. The number of likely N-dealkylation sites (N-methyl/N-ethyl adjacent to an activating group) is 1. The van der Waals surface area contributed by atoms with Gasteiger partial charge in [0.2, 0.25) is 0 Å². The average Bonchev–Trinajstić information content (AvgIpc) is 3.22. The zero-order chi connectivity index (χ0) is 16.9. The third-order valence-electron chi connectivity index (χ3n) is 5.24. The van der Waals surface area contributed by atoms with E-state index in [-0.39, 0.29) is 24.0 Å². The molecule has 140 valence electrons. The first-order chi connectivity index (χ1) is 11.7. The van der Waals surface area contributed by atoms with Gasteiger partial charge in [0.05, 0.1) is 18.2 Å². The van der Waals surface area contributed by atoms with Gasteiger partial charge >= 0.3 is 0 Å². The second kappa shape index (κ2) is 9.73. The van der Waals surface area contributed by atoms with Crippen molar-refractivity contribution in [3.8, 4) is 0 Å². The van der Waals surface area contributed by atoms with E-state index in [2.05, 4.69) is 64.8 Å². The molecule has 2 fully saturated rings. The van der Waals surface area contributed by atoms with Gasteiger partial charge in [0.1, 0.15) is 0 Å². The first-order valence-electron chi connectivity index (χ1n) is 9.02. The van der Waals surface area contributed by atoms with E-state index >= 15 is 0 Å². The molecule has 3 rings (SSSR count). The summed E-state index contributed by atoms with van der Waals surface area (Å²) in [6.07, 6.45) is 4.33. The zero-order valence-electron chi connectivity index (χ0n) is 15.4. The Hall–Kier alpha value is -0.860. The van der Waals surface area contributed by atoms with Crippen LogP contribution in [0.5, 0.6) is 0 Å². The number of nitrogens with zero attached hydrogens (tertiary/aromatic N) is 2. The van der Waals surface area contributed by atoms with Crippen molar-refractivity contribution < 1.29 is 4.74 Å². The first-order valence-corrected chi connectivity index (χ1v) is 9.02. The van der Waals surface area contributed by atoms with E-state index in [0.717, 1.165) is 25.5 Å². The summed E-state index contributed by atoms with van der Waals surface area (Å²) in [5, 5.41) is 7.00. The van der Waals surface area contributed by atoms with Crippen LogP contribution in [0.4, 0.5) is 0 Å². The van der Waals surface area contributed by atoms with Crippen molar-refractivity contribution in [2.24, 2.45) is 4.99 Å². The molecule has 2 N–H and O–H groups in total. The molecule has 4 unspecified atom stereocenters. The van der Waals surface area contributed by atoms with Crippen LogP contribution >= 0.6 is 24.0 Å². The molecule has 0 aliphatic carbocycles. The lowest BCUT2D eigenvalue weighted by Gasteiger charge is -2.27. The summed E-state index contributed by atoms with van der Waals surface area (Å²) >= 11 is 0. The number of hydrogen-bond donors (Lipinski definition) is 2. The number of halogens is 1. The third-order valence-corrected chi connectivity index (χ3v) is 5.24. The summed E-state index contributed by atoms with van der Waals surface area (Å²) in [5.74, 6) is 0.885. The monoisotopic (exact) mass is 458 g/mol. The van der Waals surface area contributed by atoms with Crippen molar-refractivity contribution in [1.82, 2.24) is 15.5 Å². The molecule has 0 aromatic heterocycles. The highest BCUT2D eigenvalue weighted by molar-refractivity contribution is 14.0. The maximum Gasteiger partial charge on any atom is 0.191 e. The molecule has 1 aromatic rings. The van der Waals surface area contributed by atoms with E-state index in [1.54, 1.807) is 0 Å². The highest BCUT2D eigenvalue weighted by Gasteiger charge is 2.41. The molecule has 6 heteroatoms. The van der Waals surface area contributed by atoms with Crippen LogP contribution in [-0.4, -0.2) is 55.8 Å². The third kappa shape index (κ3) is 5.56. The van der Waals surface area contributed by atoms with Crippen molar-refractivity contribution in [3.05, 3.63) is 35.9 Å². The molecule has 25 heavy (non-hydrogen) atoms. The number of guanidine groups is 1. The van der Waals surface area contributed by atoms with Crippen LogP contribution in [0.25, 0.3) is 0 Å². The predicted octanol–water partition coefficient (Wildman–Crippen LogP) is 2.61. The minimum atomic E-state index is 0. The highest BCUT2D eigenvalue weighted by atomic mass is 127. The summed E-state index contributed by atoms with van der Waals surface area (Å²) in [6.45, 7) is 4.06. The van der Waals surface area contributed by atoms with Crippen molar-refractivity contribution in [1.29, 1.82) is 0 Å². The smallest absolute Gasteiger partial charge is 0.191 e. The Balaban J connectivity index is 0.00000225. The van der Waals surface area contributed by atoms with Gasteiger partial charge in [-0.2, -0.15) is 0 Å². The van der Waals surface area contributed by atoms with Crippen LogP contribution in [0.15, 0.2) is 35.3 Å². The van der Waals surface area contributed by atoms with E-state index < -0.39 is 0 Å². The molecule has 2 saturated heterocycles. The number of ether oxygens (including phenoxy) is 1. The highest BCUT2D eigenvalue weighted by Crippen LogP contribution is 2.34. The quantitative estimate of drug-likeness (QED) is 0.391. The largest absolute Gasteiger partial charge is 0.373 e. The van der Waals surface area contributed by atoms with Gasteiger partial charge in [-0.3, -0.25) is 9.89 Å². The molecule has 0 radical (unpaired) electrons. The summed E-state index contributed by atoms with van der Waals surface area (Å²) in [7, 11) is 4.00. The Kier molecular flexibility index (Phi) is 7.96. The molecule has 4 atom stereocenters. The molecular weight excluding hydrogens is 427 g/mol. The number of rotatable bonds is 6. The molecule has 2 aliphatic heterocycles. The topological polar surface area (TPSA) is 48.9 Å². The summed E-state index contributed by atoms with van der Waals surface area (Å²) in [6, 6.07) is 11.4. The standard InChI is InChI=1S/C19H30N4O.HI/c1-14(23(3)13-15-7-5-4-6-8-15)12-21-19(20-2)22-17-11-16-9-10-18(17)24-16;/h4-8,14,16-18H,9-13H2,1-3H3,(H2,20,21,22);1H. The Bertz CT molecular complexity index is 554. The SMILES string of the molecule is CN=C(NCC(C)N(C)Cc1ccccc1)NC1CC2CCC1O2.I. The van der Waals surface area contributed by atoms with Gasteiger partial charge in [0, 0.05) is 26.2 Å². The number of nitrogens with one attached hydrogen (secondary N) is 2. The Morgan fingerprint density at radius 2 is 2.08 bits per heavy atom. The van der Waals surface area contributed by atoms with E-state index in [1.807, 2.05) is 7.05 Å². The molecule has 2 bridgehead atoms. The fourth-order valence-electron chi connectivity index (χ4n) is 3.59. The lowest BCUT2D eigenvalue weighted by atomic mass is 9.96. The van der Waals surface area contributed by atoms with Crippen LogP contribution in [0.1, 0.15) is 31.7 Å². The summed E-state index contributed by atoms with van der Waals surface area (Å²) in [4.78, 5) is 6.73. The van der Waals surface area contributed by atoms with Crippen molar-refractivity contribution >= 4 is 29.9 Å². The van der Waals surface area contributed by atoms with Crippen LogP contribution < -0.4 is 10.6 Å². The Morgan fingerprint density at radius 1 is 1.32 bits per heavy atom. The van der Waals surface area contributed by atoms with Gasteiger partial charge in [0.25, 0.3) is 0 Å². The number of aliphatic imine (C=N–C) groups is 1. The van der Waals surface area contributed by atoms with E-state index in [9.17, 15) is 0 Å². The molecule has 1 aromatic carbocycles. The normalized spacial score (nSPS) is 26.4. The zero-order valence-corrected chi connectivity index (χ0v) is 17.8. The Labute approximate surface area is 168 Å². The molecule has 0 saturated carbocycles. The van der Waals surface area contributed by atoms with Crippen LogP contribution in [0.2, 0.25) is 0 Å². The van der Waals surface area contributed by atoms with Gasteiger partial charge < -0.3 is 15.4 Å². The van der Waals surface area contributed by atoms with E-state index in [0.29, 0.717) is 24.3 Å². The molecule has 0 amide bonds. The Morgan fingerprint density at radius 3 is 2.68 bits per heavy atom. The summed E-state index contributed by atoms with van der Waals surface area (Å²) < 4.78 is 5.91. The molecular formula is C19H31IN4O. The average molecular weight is 458 g/mol. The van der Waals surface area contributed by atoms with Crippen LogP contribution in [-0.2, 0) is 11.3 Å². The fraction of sp³-hybridized carbons (Fsp3) is 0.632. The molecule has 0 spiro atoms. The van der Waals surface area contributed by atoms with Crippen LogP contribution in [0, 0.1) is 0 Å². The van der Waals surface area contributed by atoms with Crippen molar-refractivity contribution in [2.75, 3.05) is 20.6 Å². The number of hydrogen-bond acceptors (Lipinski definition) is 3.